The van der Waals surface area contributed by atoms with Crippen molar-refractivity contribution < 1.29 is 28.8 Å². The number of rotatable bonds is 0. The Morgan fingerprint density at radius 2 is 2.00 bits per heavy atom. The van der Waals surface area contributed by atoms with Crippen molar-refractivity contribution in [3.63, 3.8) is 0 Å². The Morgan fingerprint density at radius 1 is 1.83 bits per heavy atom. The van der Waals surface area contributed by atoms with Gasteiger partial charge < -0.3 is 5.11 Å². The molecule has 0 radical (unpaired) electrons. The molecular weight excluding hydrogens is 153 g/mol. The van der Waals surface area contributed by atoms with E-state index in [1.54, 1.807) is 6.92 Å². The molecule has 1 aliphatic rings. The molecule has 0 aromatic carbocycles. The van der Waals surface area contributed by atoms with E-state index in [0.29, 0.717) is 0 Å². The fourth-order valence-corrected chi connectivity index (χ4v) is 0.181. The van der Waals surface area contributed by atoms with Crippen molar-refractivity contribution in [3.05, 3.63) is 0 Å². The SMILES string of the molecule is CC1(O)OS1.[Zn]. The standard InChI is InChI=1S/C2H4O2S.Zn/c1-2(3)4-5-2;/h3H,1H3;. The fourth-order valence-electron chi connectivity index (χ4n) is 0.0603. The molecule has 0 amide bonds. The summed E-state index contributed by atoms with van der Waals surface area (Å²) >= 11 is 1.08. The molecule has 1 aliphatic heterocycles. The maximum Gasteiger partial charge on any atom is 0.250 e. The third-order valence-corrected chi connectivity index (χ3v) is 0.974. The van der Waals surface area contributed by atoms with Crippen molar-refractivity contribution in [2.45, 2.75) is 12.0 Å². The van der Waals surface area contributed by atoms with Crippen LogP contribution in [-0.4, -0.2) is 10.2 Å². The first-order valence-electron chi connectivity index (χ1n) is 1.30. The van der Waals surface area contributed by atoms with Crippen LogP contribution in [0.25, 0.3) is 0 Å². The Bertz CT molecular complexity index is 49.5. The summed E-state index contributed by atoms with van der Waals surface area (Å²) in [5, 5.41) is 7.54. The van der Waals surface area contributed by atoms with Gasteiger partial charge in [0.15, 0.2) is 0 Å². The van der Waals surface area contributed by atoms with Crippen molar-refractivity contribution in [2.75, 3.05) is 0 Å². The van der Waals surface area contributed by atoms with Crippen molar-refractivity contribution >= 4 is 12.0 Å². The van der Waals surface area contributed by atoms with Crippen LogP contribution < -0.4 is 0 Å². The minimum atomic E-state index is -0.833. The summed E-state index contributed by atoms with van der Waals surface area (Å²) in [5.74, 6) is 0. The van der Waals surface area contributed by atoms with Crippen LogP contribution >= 0.6 is 12.0 Å². The number of aliphatic hydroxyl groups is 1. The Balaban J connectivity index is 0.000000250. The van der Waals surface area contributed by atoms with Gasteiger partial charge in [0.25, 0.3) is 0 Å². The monoisotopic (exact) mass is 156 g/mol. The first kappa shape index (κ1) is 6.89. The molecule has 1 rings (SSSR count). The van der Waals surface area contributed by atoms with Crippen molar-refractivity contribution in [1.29, 1.82) is 0 Å². The van der Waals surface area contributed by atoms with Gasteiger partial charge in [-0.25, -0.2) is 0 Å². The van der Waals surface area contributed by atoms with E-state index in [4.69, 9.17) is 5.11 Å². The molecule has 0 saturated carbocycles. The van der Waals surface area contributed by atoms with E-state index in [1.165, 1.54) is 0 Å². The van der Waals surface area contributed by atoms with Gasteiger partial charge in [-0.15, -0.1) is 0 Å². The second-order valence-electron chi connectivity index (χ2n) is 1.06. The van der Waals surface area contributed by atoms with Gasteiger partial charge in [-0.05, 0) is 0 Å². The molecule has 6 heavy (non-hydrogen) atoms. The van der Waals surface area contributed by atoms with Gasteiger partial charge in [0.2, 0.25) is 5.12 Å². The largest absolute Gasteiger partial charge is 0.355 e. The Labute approximate surface area is 53.2 Å². The average molecular weight is 158 g/mol. The molecule has 4 heteroatoms. The first-order chi connectivity index (χ1) is 2.21. The zero-order valence-corrected chi connectivity index (χ0v) is 7.25. The Kier molecular flexibility index (Phi) is 2.05. The van der Waals surface area contributed by atoms with Crippen LogP contribution in [0.2, 0.25) is 0 Å². The predicted octanol–water partition coefficient (Wildman–Crippen LogP) is 0.328. The molecule has 1 heterocycles. The molecule has 0 bridgehead atoms. The molecule has 0 aromatic heterocycles. The number of hydrogen-bond donors (Lipinski definition) is 1. The van der Waals surface area contributed by atoms with E-state index in [-0.39, 0.29) is 19.5 Å². The van der Waals surface area contributed by atoms with E-state index in [0.717, 1.165) is 12.0 Å². The molecule has 1 saturated heterocycles. The molecule has 0 spiro atoms. The zero-order chi connectivity index (χ0) is 3.91. The van der Waals surface area contributed by atoms with E-state index >= 15 is 0 Å². The van der Waals surface area contributed by atoms with E-state index in [2.05, 4.69) is 4.18 Å². The topological polar surface area (TPSA) is 32.8 Å². The second kappa shape index (κ2) is 1.78. The minimum absolute atomic E-state index is 0. The van der Waals surface area contributed by atoms with Gasteiger partial charge >= 0.3 is 0 Å². The van der Waals surface area contributed by atoms with Crippen molar-refractivity contribution in [3.8, 4) is 0 Å². The molecule has 32 valence electrons. The summed E-state index contributed by atoms with van der Waals surface area (Å²) in [7, 11) is 0. The van der Waals surface area contributed by atoms with Gasteiger partial charge in [-0.3, -0.25) is 4.18 Å². The quantitative estimate of drug-likeness (QED) is 0.313. The molecule has 1 unspecified atom stereocenters. The Morgan fingerprint density at radius 3 is 2.00 bits per heavy atom. The van der Waals surface area contributed by atoms with Crippen LogP contribution in [0.4, 0.5) is 0 Å². The molecule has 0 aliphatic carbocycles. The summed E-state index contributed by atoms with van der Waals surface area (Å²) < 4.78 is 4.37. The average Bonchev–Trinajstić information content (AvgIpc) is 1.76. The van der Waals surface area contributed by atoms with Crippen molar-refractivity contribution in [1.82, 2.24) is 0 Å². The van der Waals surface area contributed by atoms with Crippen LogP contribution in [0.15, 0.2) is 0 Å². The first-order valence-corrected chi connectivity index (χ1v) is 2.04. The molecular formula is C2H4O2SZn. The van der Waals surface area contributed by atoms with Gasteiger partial charge in [-0.1, -0.05) is 0 Å². The maximum absolute atomic E-state index is 8.37. The zero-order valence-electron chi connectivity index (χ0n) is 3.47. The molecule has 1 N–H and O–H groups in total. The van der Waals surface area contributed by atoms with Gasteiger partial charge in [0.05, 0.1) is 12.0 Å². The van der Waals surface area contributed by atoms with Crippen LogP contribution in [0.5, 0.6) is 0 Å². The maximum atomic E-state index is 8.37. The molecule has 0 aromatic rings. The summed E-state index contributed by atoms with van der Waals surface area (Å²) in [6.45, 7) is 1.59. The summed E-state index contributed by atoms with van der Waals surface area (Å²) in [6.07, 6.45) is 0. The summed E-state index contributed by atoms with van der Waals surface area (Å²) in [6, 6.07) is 0. The molecule has 1 fully saturated rings. The van der Waals surface area contributed by atoms with Crippen LogP contribution in [0.1, 0.15) is 6.92 Å². The van der Waals surface area contributed by atoms with Crippen molar-refractivity contribution in [2.24, 2.45) is 0 Å². The smallest absolute Gasteiger partial charge is 0.250 e. The predicted molar refractivity (Wildman–Crippen MR) is 19.3 cm³/mol. The van der Waals surface area contributed by atoms with E-state index < -0.39 is 5.12 Å². The van der Waals surface area contributed by atoms with Crippen LogP contribution in [-0.2, 0) is 23.7 Å². The second-order valence-corrected chi connectivity index (χ2v) is 2.16. The van der Waals surface area contributed by atoms with Gasteiger partial charge in [0, 0.05) is 26.4 Å². The van der Waals surface area contributed by atoms with E-state index in [9.17, 15) is 0 Å². The Hall–Kier alpha value is 0.893. The van der Waals surface area contributed by atoms with Gasteiger partial charge in [0.1, 0.15) is 0 Å². The third-order valence-electron chi connectivity index (χ3n) is 0.325. The minimum Gasteiger partial charge on any atom is -0.355 e. The molecule has 2 nitrogen and oxygen atoms in total. The van der Waals surface area contributed by atoms with Crippen LogP contribution in [0.3, 0.4) is 0 Å². The summed E-state index contributed by atoms with van der Waals surface area (Å²) in [5.41, 5.74) is 0. The van der Waals surface area contributed by atoms with Crippen LogP contribution in [0, 0.1) is 0 Å². The molecule has 1 atom stereocenters. The normalized spacial score (nSPS) is 41.0. The third kappa shape index (κ3) is 2.14. The summed E-state index contributed by atoms with van der Waals surface area (Å²) in [4.78, 5) is 0. The van der Waals surface area contributed by atoms with E-state index in [1.807, 2.05) is 0 Å². The number of hydrogen-bond acceptors (Lipinski definition) is 3. The fraction of sp³-hybridized carbons (Fsp3) is 1.00. The van der Waals surface area contributed by atoms with Gasteiger partial charge in [-0.2, -0.15) is 0 Å².